The van der Waals surface area contributed by atoms with Gasteiger partial charge in [0, 0.05) is 5.57 Å². The smallest absolute Gasteiger partial charge is 0.226 e. The molecule has 2 heterocycles. The lowest BCUT2D eigenvalue weighted by Crippen LogP contribution is -2.33. The number of ether oxygens (including phenoxy) is 2. The fraction of sp³-hybridized carbons (Fsp3) is 0.182. The number of hydrogen-bond donors (Lipinski definition) is 1. The van der Waals surface area contributed by atoms with Crippen molar-refractivity contribution in [3.63, 3.8) is 0 Å². The van der Waals surface area contributed by atoms with Crippen molar-refractivity contribution in [3.8, 4) is 23.4 Å². The van der Waals surface area contributed by atoms with E-state index in [9.17, 15) is 5.26 Å². The summed E-state index contributed by atoms with van der Waals surface area (Å²) in [6.07, 6.45) is -0.866. The Balaban J connectivity index is 1.94. The molecular weight excluding hydrogens is 352 g/mol. The molecule has 140 valence electrons. The first-order valence-corrected chi connectivity index (χ1v) is 8.91. The summed E-state index contributed by atoms with van der Waals surface area (Å²) in [6, 6.07) is 17.8. The SMILES string of the molecule is COc1ccc(C2=C(C#N)C(N)Oc3c2c(C)nn3-c2ccc(C)cc2)cc1. The predicted molar refractivity (Wildman–Crippen MR) is 106 cm³/mol. The number of aromatic nitrogens is 2. The predicted octanol–water partition coefficient (Wildman–Crippen LogP) is 3.50. The van der Waals surface area contributed by atoms with Gasteiger partial charge in [-0.2, -0.15) is 10.4 Å². The first kappa shape index (κ1) is 17.8. The van der Waals surface area contributed by atoms with Gasteiger partial charge in [-0.15, -0.1) is 0 Å². The van der Waals surface area contributed by atoms with Crippen LogP contribution in [0.3, 0.4) is 0 Å². The molecule has 3 aromatic rings. The van der Waals surface area contributed by atoms with Gasteiger partial charge in [-0.25, -0.2) is 4.68 Å². The molecule has 0 saturated heterocycles. The summed E-state index contributed by atoms with van der Waals surface area (Å²) in [5.41, 5.74) is 11.8. The second kappa shape index (κ2) is 6.87. The topological polar surface area (TPSA) is 86.1 Å². The maximum Gasteiger partial charge on any atom is 0.226 e. The molecule has 0 bridgehead atoms. The van der Waals surface area contributed by atoms with Gasteiger partial charge >= 0.3 is 0 Å². The molecule has 1 unspecified atom stereocenters. The van der Waals surface area contributed by atoms with E-state index in [0.29, 0.717) is 11.5 Å². The van der Waals surface area contributed by atoms with Gasteiger partial charge in [-0.05, 0) is 43.7 Å². The molecule has 0 fully saturated rings. The maximum atomic E-state index is 9.75. The highest BCUT2D eigenvalue weighted by Crippen LogP contribution is 2.42. The van der Waals surface area contributed by atoms with Crippen LogP contribution in [0.4, 0.5) is 0 Å². The zero-order chi connectivity index (χ0) is 19.8. The molecule has 6 heteroatoms. The van der Waals surface area contributed by atoms with Crippen LogP contribution in [0.15, 0.2) is 54.1 Å². The summed E-state index contributed by atoms with van der Waals surface area (Å²) in [4.78, 5) is 0. The molecule has 0 radical (unpaired) electrons. The number of fused-ring (bicyclic) bond motifs is 1. The van der Waals surface area contributed by atoms with Crippen LogP contribution in [-0.4, -0.2) is 23.1 Å². The third-order valence-corrected chi connectivity index (χ3v) is 4.84. The first-order chi connectivity index (χ1) is 13.5. The van der Waals surface area contributed by atoms with Gasteiger partial charge in [-0.3, -0.25) is 5.73 Å². The van der Waals surface area contributed by atoms with Crippen LogP contribution in [-0.2, 0) is 0 Å². The minimum Gasteiger partial charge on any atom is -0.497 e. The third kappa shape index (κ3) is 2.82. The van der Waals surface area contributed by atoms with Gasteiger partial charge in [0.25, 0.3) is 0 Å². The molecule has 0 saturated carbocycles. The van der Waals surface area contributed by atoms with Crippen LogP contribution in [0.25, 0.3) is 11.3 Å². The Kier molecular flexibility index (Phi) is 4.38. The summed E-state index contributed by atoms with van der Waals surface area (Å²) < 4.78 is 12.9. The Morgan fingerprint density at radius 1 is 1.11 bits per heavy atom. The van der Waals surface area contributed by atoms with E-state index in [-0.39, 0.29) is 0 Å². The van der Waals surface area contributed by atoms with E-state index in [1.165, 1.54) is 0 Å². The van der Waals surface area contributed by atoms with E-state index in [1.54, 1.807) is 11.8 Å². The molecule has 6 nitrogen and oxygen atoms in total. The van der Waals surface area contributed by atoms with E-state index >= 15 is 0 Å². The van der Waals surface area contributed by atoms with E-state index in [1.807, 2.05) is 62.4 Å². The highest BCUT2D eigenvalue weighted by Gasteiger charge is 2.33. The lowest BCUT2D eigenvalue weighted by Gasteiger charge is -2.25. The molecule has 28 heavy (non-hydrogen) atoms. The molecule has 1 aliphatic heterocycles. The van der Waals surface area contributed by atoms with Crippen molar-refractivity contribution in [2.45, 2.75) is 20.1 Å². The highest BCUT2D eigenvalue weighted by molar-refractivity contribution is 5.89. The van der Waals surface area contributed by atoms with E-state index in [0.717, 1.165) is 39.4 Å². The molecule has 2 aromatic carbocycles. The number of benzene rings is 2. The van der Waals surface area contributed by atoms with E-state index in [4.69, 9.17) is 15.2 Å². The molecule has 2 N–H and O–H groups in total. The summed E-state index contributed by atoms with van der Waals surface area (Å²) >= 11 is 0. The monoisotopic (exact) mass is 372 g/mol. The fourth-order valence-corrected chi connectivity index (χ4v) is 3.40. The van der Waals surface area contributed by atoms with Gasteiger partial charge in [-0.1, -0.05) is 29.8 Å². The lowest BCUT2D eigenvalue weighted by atomic mass is 9.91. The molecule has 1 atom stereocenters. The summed E-state index contributed by atoms with van der Waals surface area (Å²) in [5.74, 6) is 1.28. The van der Waals surface area contributed by atoms with Crippen LogP contribution in [0.2, 0.25) is 0 Å². The van der Waals surface area contributed by atoms with Gasteiger partial charge in [0.15, 0.2) is 6.23 Å². The zero-order valence-corrected chi connectivity index (χ0v) is 15.9. The van der Waals surface area contributed by atoms with Crippen molar-refractivity contribution in [1.29, 1.82) is 5.26 Å². The van der Waals surface area contributed by atoms with Crippen LogP contribution in [0, 0.1) is 25.2 Å². The van der Waals surface area contributed by atoms with E-state index in [2.05, 4.69) is 11.2 Å². The number of aryl methyl sites for hydroxylation is 2. The third-order valence-electron chi connectivity index (χ3n) is 4.84. The standard InChI is InChI=1S/C22H20N4O2/c1-13-4-8-16(9-5-13)26-22-19(14(2)25-26)20(18(12-23)21(24)28-22)15-6-10-17(27-3)11-7-15/h4-11,21H,24H2,1-3H3. The van der Waals surface area contributed by atoms with Gasteiger partial charge < -0.3 is 9.47 Å². The lowest BCUT2D eigenvalue weighted by molar-refractivity contribution is 0.228. The summed E-state index contributed by atoms with van der Waals surface area (Å²) in [7, 11) is 1.62. The Morgan fingerprint density at radius 2 is 1.79 bits per heavy atom. The van der Waals surface area contributed by atoms with Gasteiger partial charge in [0.05, 0.1) is 29.6 Å². The number of nitrogens with zero attached hydrogens (tertiary/aromatic N) is 3. The molecule has 4 rings (SSSR count). The Morgan fingerprint density at radius 3 is 2.39 bits per heavy atom. The van der Waals surface area contributed by atoms with Crippen LogP contribution < -0.4 is 15.2 Å². The van der Waals surface area contributed by atoms with Crippen molar-refractivity contribution < 1.29 is 9.47 Å². The average Bonchev–Trinajstić information content (AvgIpc) is 3.03. The normalized spacial score (nSPS) is 15.6. The molecule has 0 amide bonds. The Hall–Kier alpha value is -3.56. The van der Waals surface area contributed by atoms with E-state index < -0.39 is 6.23 Å². The molecule has 0 aliphatic carbocycles. The van der Waals surface area contributed by atoms with Gasteiger partial charge in [0.2, 0.25) is 5.88 Å². The summed E-state index contributed by atoms with van der Waals surface area (Å²) in [5, 5.41) is 14.4. The highest BCUT2D eigenvalue weighted by atomic mass is 16.5. The zero-order valence-electron chi connectivity index (χ0n) is 15.9. The maximum absolute atomic E-state index is 9.75. The first-order valence-electron chi connectivity index (χ1n) is 8.91. The van der Waals surface area contributed by atoms with Gasteiger partial charge in [0.1, 0.15) is 11.8 Å². The minimum absolute atomic E-state index is 0.379. The number of rotatable bonds is 3. The number of hydrogen-bond acceptors (Lipinski definition) is 5. The fourth-order valence-electron chi connectivity index (χ4n) is 3.40. The largest absolute Gasteiger partial charge is 0.497 e. The number of nitriles is 1. The summed E-state index contributed by atoms with van der Waals surface area (Å²) in [6.45, 7) is 3.94. The second-order valence-electron chi connectivity index (χ2n) is 6.68. The van der Waals surface area contributed by atoms with Crippen LogP contribution >= 0.6 is 0 Å². The minimum atomic E-state index is -0.866. The second-order valence-corrected chi connectivity index (χ2v) is 6.68. The van der Waals surface area contributed by atoms with Crippen molar-refractivity contribution >= 4 is 5.57 Å². The molecular formula is C22H20N4O2. The average molecular weight is 372 g/mol. The molecule has 1 aliphatic rings. The number of methoxy groups -OCH3 is 1. The quantitative estimate of drug-likeness (QED) is 0.760. The Bertz CT molecular complexity index is 1100. The molecule has 0 spiro atoms. The van der Waals surface area contributed by atoms with Crippen molar-refractivity contribution in [2.75, 3.05) is 7.11 Å². The van der Waals surface area contributed by atoms with Crippen molar-refractivity contribution in [2.24, 2.45) is 5.73 Å². The van der Waals surface area contributed by atoms with Crippen molar-refractivity contribution in [3.05, 3.63) is 76.5 Å². The number of nitrogens with two attached hydrogens (primary N) is 1. The van der Waals surface area contributed by atoms with Crippen LogP contribution in [0.5, 0.6) is 11.6 Å². The molecule has 1 aromatic heterocycles. The van der Waals surface area contributed by atoms with Crippen molar-refractivity contribution in [1.82, 2.24) is 9.78 Å². The Labute approximate surface area is 163 Å². The van der Waals surface area contributed by atoms with Crippen LogP contribution in [0.1, 0.15) is 22.4 Å².